The molecule has 17 heavy (non-hydrogen) atoms. The van der Waals surface area contributed by atoms with Crippen LogP contribution in [-0.2, 0) is 13.1 Å². The van der Waals surface area contributed by atoms with Crippen LogP contribution >= 0.6 is 0 Å². The molecule has 0 bridgehead atoms. The van der Waals surface area contributed by atoms with Gasteiger partial charge in [0.1, 0.15) is 5.82 Å². The highest BCUT2D eigenvalue weighted by Gasteiger charge is 2.22. The van der Waals surface area contributed by atoms with Crippen LogP contribution in [0, 0.1) is 11.8 Å². The Morgan fingerprint density at radius 2 is 2.35 bits per heavy atom. The second-order valence-electron chi connectivity index (χ2n) is 5.34. The first-order valence-electron chi connectivity index (χ1n) is 7.02. The predicted octanol–water partition coefficient (Wildman–Crippen LogP) is 2.82. The molecule has 1 aliphatic carbocycles. The molecule has 2 rings (SSSR count). The number of nitrogens with zero attached hydrogens (tertiary/aromatic N) is 2. The third-order valence-corrected chi connectivity index (χ3v) is 3.99. The van der Waals surface area contributed by atoms with Crippen LogP contribution in [0.1, 0.15) is 45.4 Å². The lowest BCUT2D eigenvalue weighted by atomic mass is 9.98. The summed E-state index contributed by atoms with van der Waals surface area (Å²) in [5.74, 6) is 2.96. The quantitative estimate of drug-likeness (QED) is 0.821. The van der Waals surface area contributed by atoms with Crippen molar-refractivity contribution in [2.45, 2.75) is 52.6 Å². The lowest BCUT2D eigenvalue weighted by Crippen LogP contribution is -2.25. The van der Waals surface area contributed by atoms with Gasteiger partial charge in [-0.3, -0.25) is 0 Å². The third kappa shape index (κ3) is 3.32. The first-order valence-corrected chi connectivity index (χ1v) is 7.02. The standard InChI is InChI=1S/C14H25N3/c1-3-8-17-9-7-16-14(17)11-15-10-13-6-4-5-12(13)2/h7,9,12-13,15H,3-6,8,10-11H2,1-2H3. The highest BCUT2D eigenvalue weighted by Crippen LogP contribution is 2.30. The Kier molecular flexibility index (Phi) is 4.60. The third-order valence-electron chi connectivity index (χ3n) is 3.99. The number of aryl methyl sites for hydroxylation is 1. The minimum Gasteiger partial charge on any atom is -0.334 e. The lowest BCUT2D eigenvalue weighted by Gasteiger charge is -2.16. The molecule has 1 N–H and O–H groups in total. The minimum absolute atomic E-state index is 0.879. The number of aromatic nitrogens is 2. The highest BCUT2D eigenvalue weighted by molar-refractivity contribution is 4.92. The van der Waals surface area contributed by atoms with Gasteiger partial charge in [-0.05, 0) is 31.2 Å². The molecule has 0 amide bonds. The van der Waals surface area contributed by atoms with Crippen molar-refractivity contribution in [3.05, 3.63) is 18.2 Å². The van der Waals surface area contributed by atoms with Crippen molar-refractivity contribution >= 4 is 0 Å². The summed E-state index contributed by atoms with van der Waals surface area (Å²) in [6.07, 6.45) is 9.39. The zero-order valence-electron chi connectivity index (χ0n) is 11.2. The SMILES string of the molecule is CCCn1ccnc1CNCC1CCCC1C. The maximum absolute atomic E-state index is 4.42. The van der Waals surface area contributed by atoms with Gasteiger partial charge in [0.15, 0.2) is 0 Å². The summed E-state index contributed by atoms with van der Waals surface area (Å²) in [6, 6.07) is 0. The van der Waals surface area contributed by atoms with E-state index in [1.54, 1.807) is 0 Å². The largest absolute Gasteiger partial charge is 0.334 e. The Hall–Kier alpha value is -0.830. The van der Waals surface area contributed by atoms with Crippen LogP contribution in [0.2, 0.25) is 0 Å². The Morgan fingerprint density at radius 1 is 1.47 bits per heavy atom. The van der Waals surface area contributed by atoms with Crippen molar-refractivity contribution in [1.29, 1.82) is 0 Å². The molecular weight excluding hydrogens is 210 g/mol. The lowest BCUT2D eigenvalue weighted by molar-refractivity contribution is 0.388. The van der Waals surface area contributed by atoms with Gasteiger partial charge < -0.3 is 9.88 Å². The normalized spacial score (nSPS) is 24.4. The molecule has 3 heteroatoms. The Morgan fingerprint density at radius 3 is 3.06 bits per heavy atom. The molecule has 96 valence electrons. The minimum atomic E-state index is 0.879. The smallest absolute Gasteiger partial charge is 0.122 e. The van der Waals surface area contributed by atoms with Crippen molar-refractivity contribution < 1.29 is 0 Å². The van der Waals surface area contributed by atoms with E-state index in [1.807, 2.05) is 6.20 Å². The summed E-state index contributed by atoms with van der Waals surface area (Å²) in [6.45, 7) is 7.74. The molecule has 1 fully saturated rings. The fourth-order valence-electron chi connectivity index (χ4n) is 2.85. The molecular formula is C14H25N3. The monoisotopic (exact) mass is 235 g/mol. The molecule has 0 spiro atoms. The molecule has 1 aromatic heterocycles. The Bertz CT molecular complexity index is 332. The summed E-state index contributed by atoms with van der Waals surface area (Å²) in [5, 5.41) is 3.58. The number of hydrogen-bond acceptors (Lipinski definition) is 2. The van der Waals surface area contributed by atoms with E-state index in [0.717, 1.165) is 31.5 Å². The molecule has 2 unspecified atom stereocenters. The fourth-order valence-corrected chi connectivity index (χ4v) is 2.85. The first kappa shape index (κ1) is 12.6. The van der Waals surface area contributed by atoms with E-state index in [2.05, 4.69) is 34.9 Å². The van der Waals surface area contributed by atoms with Crippen molar-refractivity contribution in [3.63, 3.8) is 0 Å². The van der Waals surface area contributed by atoms with Gasteiger partial charge in [0.25, 0.3) is 0 Å². The van der Waals surface area contributed by atoms with Crippen LogP contribution in [0.3, 0.4) is 0 Å². The van der Waals surface area contributed by atoms with Crippen LogP contribution in [0.5, 0.6) is 0 Å². The van der Waals surface area contributed by atoms with Crippen molar-refractivity contribution in [2.24, 2.45) is 11.8 Å². The van der Waals surface area contributed by atoms with Gasteiger partial charge >= 0.3 is 0 Å². The molecule has 1 aliphatic rings. The van der Waals surface area contributed by atoms with E-state index in [9.17, 15) is 0 Å². The van der Waals surface area contributed by atoms with E-state index >= 15 is 0 Å². The van der Waals surface area contributed by atoms with Crippen molar-refractivity contribution in [1.82, 2.24) is 14.9 Å². The van der Waals surface area contributed by atoms with Crippen LogP contribution in [-0.4, -0.2) is 16.1 Å². The summed E-state index contributed by atoms with van der Waals surface area (Å²) in [4.78, 5) is 4.42. The van der Waals surface area contributed by atoms with E-state index in [-0.39, 0.29) is 0 Å². The fraction of sp³-hybridized carbons (Fsp3) is 0.786. The van der Waals surface area contributed by atoms with Crippen LogP contribution in [0.25, 0.3) is 0 Å². The van der Waals surface area contributed by atoms with Gasteiger partial charge in [0, 0.05) is 18.9 Å². The molecule has 0 saturated heterocycles. The second kappa shape index (κ2) is 6.20. The van der Waals surface area contributed by atoms with Gasteiger partial charge in [0.05, 0.1) is 6.54 Å². The average molecular weight is 235 g/mol. The van der Waals surface area contributed by atoms with Crippen LogP contribution < -0.4 is 5.32 Å². The molecule has 0 aromatic carbocycles. The molecule has 2 atom stereocenters. The highest BCUT2D eigenvalue weighted by atomic mass is 15.1. The van der Waals surface area contributed by atoms with E-state index in [0.29, 0.717) is 0 Å². The van der Waals surface area contributed by atoms with Gasteiger partial charge in [-0.15, -0.1) is 0 Å². The molecule has 1 saturated carbocycles. The van der Waals surface area contributed by atoms with Gasteiger partial charge in [-0.1, -0.05) is 26.7 Å². The Balaban J connectivity index is 1.75. The average Bonchev–Trinajstić information content (AvgIpc) is 2.90. The number of rotatable bonds is 6. The van der Waals surface area contributed by atoms with Gasteiger partial charge in [-0.2, -0.15) is 0 Å². The van der Waals surface area contributed by atoms with Crippen molar-refractivity contribution in [2.75, 3.05) is 6.54 Å². The van der Waals surface area contributed by atoms with Crippen molar-refractivity contribution in [3.8, 4) is 0 Å². The predicted molar refractivity (Wildman–Crippen MR) is 70.7 cm³/mol. The molecule has 3 nitrogen and oxygen atoms in total. The summed E-state index contributed by atoms with van der Waals surface area (Å²) in [7, 11) is 0. The number of nitrogens with one attached hydrogen (secondary N) is 1. The molecule has 0 radical (unpaired) electrons. The van der Waals surface area contributed by atoms with E-state index < -0.39 is 0 Å². The van der Waals surface area contributed by atoms with E-state index in [1.165, 1.54) is 31.5 Å². The molecule has 1 aromatic rings. The van der Waals surface area contributed by atoms with Gasteiger partial charge in [-0.25, -0.2) is 4.98 Å². The second-order valence-corrected chi connectivity index (χ2v) is 5.34. The summed E-state index contributed by atoms with van der Waals surface area (Å²) in [5.41, 5.74) is 0. The van der Waals surface area contributed by atoms with Crippen LogP contribution in [0.4, 0.5) is 0 Å². The van der Waals surface area contributed by atoms with E-state index in [4.69, 9.17) is 0 Å². The zero-order valence-corrected chi connectivity index (χ0v) is 11.2. The topological polar surface area (TPSA) is 29.9 Å². The summed E-state index contributed by atoms with van der Waals surface area (Å²) < 4.78 is 2.26. The van der Waals surface area contributed by atoms with Crippen LogP contribution in [0.15, 0.2) is 12.4 Å². The van der Waals surface area contributed by atoms with Gasteiger partial charge in [0.2, 0.25) is 0 Å². The maximum atomic E-state index is 4.42. The Labute approximate surface area is 105 Å². The number of imidazole rings is 1. The molecule has 1 heterocycles. The maximum Gasteiger partial charge on any atom is 0.122 e. The zero-order chi connectivity index (χ0) is 12.1. The number of hydrogen-bond donors (Lipinski definition) is 1. The summed E-state index contributed by atoms with van der Waals surface area (Å²) >= 11 is 0. The molecule has 0 aliphatic heterocycles. The first-order chi connectivity index (χ1) is 8.31.